The fourth-order valence-electron chi connectivity index (χ4n) is 1.65. The first-order valence-electron chi connectivity index (χ1n) is 5.71. The number of nitrogens with zero attached hydrogens (tertiary/aromatic N) is 1. The number of hydrogen-bond donors (Lipinski definition) is 1. The molecule has 0 aromatic heterocycles. The summed E-state index contributed by atoms with van der Waals surface area (Å²) in [6.45, 7) is 2.50. The number of likely N-dealkylation sites (N-methyl/N-ethyl adjacent to an activating group) is 1. The van der Waals surface area contributed by atoms with Crippen LogP contribution in [-0.4, -0.2) is 44.8 Å². The summed E-state index contributed by atoms with van der Waals surface area (Å²) in [5, 5.41) is 0. The molecule has 3 heteroatoms. The number of ether oxygens (including phenoxy) is 1. The largest absolute Gasteiger partial charge is 0.379 e. The molecule has 1 aromatic carbocycles. The number of nitrogens with two attached hydrogens (primary N) is 1. The van der Waals surface area contributed by atoms with Crippen molar-refractivity contribution in [2.45, 2.75) is 12.5 Å². The lowest BCUT2D eigenvalue weighted by Crippen LogP contribution is -2.36. The summed E-state index contributed by atoms with van der Waals surface area (Å²) >= 11 is 0. The van der Waals surface area contributed by atoms with E-state index in [-0.39, 0.29) is 6.10 Å². The molecule has 0 amide bonds. The van der Waals surface area contributed by atoms with Gasteiger partial charge in [-0.2, -0.15) is 0 Å². The Balaban J connectivity index is 2.27. The average Bonchev–Trinajstić information content (AvgIpc) is 2.34. The lowest BCUT2D eigenvalue weighted by molar-refractivity contribution is 0.0785. The van der Waals surface area contributed by atoms with Crippen molar-refractivity contribution in [3.63, 3.8) is 0 Å². The maximum absolute atomic E-state index is 5.59. The Labute approximate surface area is 98.2 Å². The minimum absolute atomic E-state index is 0.140. The molecule has 1 aromatic rings. The van der Waals surface area contributed by atoms with Crippen LogP contribution in [0.2, 0.25) is 0 Å². The molecule has 2 N–H and O–H groups in total. The molecule has 0 aliphatic heterocycles. The van der Waals surface area contributed by atoms with Crippen LogP contribution < -0.4 is 5.73 Å². The predicted octanol–water partition coefficient (Wildman–Crippen LogP) is 1.13. The second-order valence-electron chi connectivity index (χ2n) is 4.09. The number of hydrogen-bond acceptors (Lipinski definition) is 3. The summed E-state index contributed by atoms with van der Waals surface area (Å²) in [5.41, 5.74) is 6.96. The highest BCUT2D eigenvalue weighted by atomic mass is 16.5. The summed E-state index contributed by atoms with van der Waals surface area (Å²) < 4.78 is 5.26. The van der Waals surface area contributed by atoms with E-state index in [9.17, 15) is 0 Å². The summed E-state index contributed by atoms with van der Waals surface area (Å²) in [7, 11) is 3.81. The van der Waals surface area contributed by atoms with Crippen LogP contribution in [0.15, 0.2) is 30.3 Å². The fraction of sp³-hybridized carbons (Fsp3) is 0.538. The second-order valence-corrected chi connectivity index (χ2v) is 4.09. The van der Waals surface area contributed by atoms with Gasteiger partial charge in [0.05, 0.1) is 6.10 Å². The molecule has 0 heterocycles. The zero-order chi connectivity index (χ0) is 11.8. The standard InChI is InChI=1S/C13H22N2O/c1-15(11-13(10-14)16-2)9-8-12-6-4-3-5-7-12/h3-7,13H,8-11,14H2,1-2H3. The summed E-state index contributed by atoms with van der Waals surface area (Å²) in [4.78, 5) is 2.26. The molecule has 0 radical (unpaired) electrons. The normalized spacial score (nSPS) is 13.0. The van der Waals surface area contributed by atoms with Crippen LogP contribution in [0.25, 0.3) is 0 Å². The van der Waals surface area contributed by atoms with Crippen molar-refractivity contribution in [2.24, 2.45) is 5.73 Å². The SMILES string of the molecule is COC(CN)CN(C)CCc1ccccc1. The van der Waals surface area contributed by atoms with Crippen molar-refractivity contribution in [1.29, 1.82) is 0 Å². The van der Waals surface area contributed by atoms with Gasteiger partial charge in [-0.15, -0.1) is 0 Å². The van der Waals surface area contributed by atoms with Crippen LogP contribution in [0.4, 0.5) is 0 Å². The third kappa shape index (κ3) is 4.75. The molecule has 0 spiro atoms. The van der Waals surface area contributed by atoms with E-state index in [0.717, 1.165) is 19.5 Å². The number of benzene rings is 1. The van der Waals surface area contributed by atoms with Crippen LogP contribution in [0.3, 0.4) is 0 Å². The predicted molar refractivity (Wildman–Crippen MR) is 67.5 cm³/mol. The van der Waals surface area contributed by atoms with Crippen LogP contribution in [0.5, 0.6) is 0 Å². The van der Waals surface area contributed by atoms with Gasteiger partial charge in [-0.3, -0.25) is 0 Å². The lowest BCUT2D eigenvalue weighted by atomic mass is 10.1. The summed E-state index contributed by atoms with van der Waals surface area (Å²) in [6, 6.07) is 10.5. The van der Waals surface area contributed by atoms with E-state index in [1.54, 1.807) is 7.11 Å². The minimum Gasteiger partial charge on any atom is -0.379 e. The van der Waals surface area contributed by atoms with Crippen LogP contribution >= 0.6 is 0 Å². The Bertz CT molecular complexity index is 273. The van der Waals surface area contributed by atoms with Gasteiger partial charge in [-0.05, 0) is 19.0 Å². The van der Waals surface area contributed by atoms with Gasteiger partial charge in [0.25, 0.3) is 0 Å². The number of methoxy groups -OCH3 is 1. The maximum atomic E-state index is 5.59. The molecule has 16 heavy (non-hydrogen) atoms. The monoisotopic (exact) mass is 222 g/mol. The van der Waals surface area contributed by atoms with E-state index in [1.807, 2.05) is 6.07 Å². The van der Waals surface area contributed by atoms with E-state index in [4.69, 9.17) is 10.5 Å². The van der Waals surface area contributed by atoms with Crippen molar-refractivity contribution in [1.82, 2.24) is 4.90 Å². The topological polar surface area (TPSA) is 38.5 Å². The van der Waals surface area contributed by atoms with Gasteiger partial charge in [0, 0.05) is 26.7 Å². The third-order valence-electron chi connectivity index (χ3n) is 2.74. The molecule has 0 fully saturated rings. The van der Waals surface area contributed by atoms with Crippen molar-refractivity contribution < 1.29 is 4.74 Å². The van der Waals surface area contributed by atoms with Crippen molar-refractivity contribution in [3.8, 4) is 0 Å². The van der Waals surface area contributed by atoms with E-state index in [2.05, 4.69) is 36.2 Å². The van der Waals surface area contributed by atoms with Gasteiger partial charge in [-0.1, -0.05) is 30.3 Å². The van der Waals surface area contributed by atoms with Crippen LogP contribution in [0.1, 0.15) is 5.56 Å². The van der Waals surface area contributed by atoms with Gasteiger partial charge < -0.3 is 15.4 Å². The Morgan fingerprint density at radius 3 is 2.56 bits per heavy atom. The minimum atomic E-state index is 0.140. The van der Waals surface area contributed by atoms with Gasteiger partial charge in [0.1, 0.15) is 0 Å². The van der Waals surface area contributed by atoms with E-state index in [1.165, 1.54) is 5.56 Å². The first-order valence-corrected chi connectivity index (χ1v) is 5.71. The Morgan fingerprint density at radius 1 is 1.31 bits per heavy atom. The van der Waals surface area contributed by atoms with Gasteiger partial charge in [0.2, 0.25) is 0 Å². The molecular formula is C13H22N2O. The highest BCUT2D eigenvalue weighted by Crippen LogP contribution is 2.01. The second kappa shape index (κ2) is 7.39. The molecule has 0 saturated carbocycles. The molecule has 0 aliphatic rings. The first kappa shape index (κ1) is 13.2. The van der Waals surface area contributed by atoms with Gasteiger partial charge in [-0.25, -0.2) is 0 Å². The molecule has 0 aliphatic carbocycles. The molecule has 1 atom stereocenters. The maximum Gasteiger partial charge on any atom is 0.0820 e. The molecule has 0 bridgehead atoms. The highest BCUT2D eigenvalue weighted by Gasteiger charge is 2.08. The molecule has 1 rings (SSSR count). The van der Waals surface area contributed by atoms with Crippen molar-refractivity contribution in [3.05, 3.63) is 35.9 Å². The van der Waals surface area contributed by atoms with E-state index >= 15 is 0 Å². The molecule has 0 saturated heterocycles. The molecule has 3 nitrogen and oxygen atoms in total. The van der Waals surface area contributed by atoms with Gasteiger partial charge >= 0.3 is 0 Å². The average molecular weight is 222 g/mol. The Morgan fingerprint density at radius 2 is 2.00 bits per heavy atom. The molecular weight excluding hydrogens is 200 g/mol. The van der Waals surface area contributed by atoms with Crippen molar-refractivity contribution in [2.75, 3.05) is 33.8 Å². The summed E-state index contributed by atoms with van der Waals surface area (Å²) in [5.74, 6) is 0. The van der Waals surface area contributed by atoms with Gasteiger partial charge in [0.15, 0.2) is 0 Å². The molecule has 1 unspecified atom stereocenters. The third-order valence-corrected chi connectivity index (χ3v) is 2.74. The fourth-order valence-corrected chi connectivity index (χ4v) is 1.65. The van der Waals surface area contributed by atoms with E-state index < -0.39 is 0 Å². The molecule has 90 valence electrons. The lowest BCUT2D eigenvalue weighted by Gasteiger charge is -2.21. The quantitative estimate of drug-likeness (QED) is 0.751. The number of rotatable bonds is 7. The Kier molecular flexibility index (Phi) is 6.08. The smallest absolute Gasteiger partial charge is 0.0820 e. The zero-order valence-electron chi connectivity index (χ0n) is 10.2. The van der Waals surface area contributed by atoms with Crippen LogP contribution in [0, 0.1) is 0 Å². The first-order chi connectivity index (χ1) is 7.76. The zero-order valence-corrected chi connectivity index (χ0v) is 10.2. The summed E-state index contributed by atoms with van der Waals surface area (Å²) in [6.07, 6.45) is 1.21. The Hall–Kier alpha value is -0.900. The van der Waals surface area contributed by atoms with Crippen molar-refractivity contribution >= 4 is 0 Å². The van der Waals surface area contributed by atoms with E-state index in [0.29, 0.717) is 6.54 Å². The highest BCUT2D eigenvalue weighted by molar-refractivity contribution is 5.14. The van der Waals surface area contributed by atoms with Crippen LogP contribution in [-0.2, 0) is 11.2 Å².